The molecule has 0 aliphatic heterocycles. The maximum atomic E-state index is 13.1. The fraction of sp³-hybridized carbons (Fsp3) is 0.0345. The molecule has 4 aromatic carbocycles. The van der Waals surface area contributed by atoms with Crippen LogP contribution in [0.4, 0.5) is 16.2 Å². The Kier molecular flexibility index (Phi) is 6.76. The number of benzene rings is 4. The van der Waals surface area contributed by atoms with Crippen molar-refractivity contribution in [3.05, 3.63) is 132 Å². The molecule has 0 bridgehead atoms. The molecule has 0 fully saturated rings. The normalized spacial score (nSPS) is 10.7. The Hall–Kier alpha value is -4.44. The van der Waals surface area contributed by atoms with Gasteiger partial charge in [0.1, 0.15) is 5.75 Å². The van der Waals surface area contributed by atoms with Crippen molar-refractivity contribution in [1.29, 1.82) is 0 Å². The van der Waals surface area contributed by atoms with Gasteiger partial charge < -0.3 is 4.74 Å². The fourth-order valence-corrected chi connectivity index (χ4v) is 3.33. The van der Waals surface area contributed by atoms with Crippen LogP contribution in [0.5, 0.6) is 5.75 Å². The highest BCUT2D eigenvalue weighted by Gasteiger charge is 2.20. The first-order valence-corrected chi connectivity index (χ1v) is 10.6. The van der Waals surface area contributed by atoms with Gasteiger partial charge in [-0.3, -0.25) is 4.79 Å². The van der Waals surface area contributed by atoms with E-state index in [1.165, 1.54) is 11.0 Å². The highest BCUT2D eigenvalue weighted by Crippen LogP contribution is 2.27. The number of anilines is 2. The lowest BCUT2D eigenvalue weighted by molar-refractivity contribution is 0.104. The number of rotatable bonds is 6. The summed E-state index contributed by atoms with van der Waals surface area (Å²) in [5, 5.41) is 0. The Labute approximate surface area is 193 Å². The van der Waals surface area contributed by atoms with Crippen molar-refractivity contribution < 1.29 is 14.3 Å². The molecule has 0 unspecified atom stereocenters. The standard InChI is InChI=1S/C29H23NO3/c1-22-15-18-24(19-16-22)28(31)20-17-23-9-8-14-27(21-23)33-29(32)30(25-10-4-2-5-11-25)26-12-6-3-7-13-26/h2-21H,1H3/b20-17+. The minimum Gasteiger partial charge on any atom is -0.410 e. The molecule has 4 rings (SSSR count). The van der Waals surface area contributed by atoms with Crippen LogP contribution in [0.3, 0.4) is 0 Å². The van der Waals surface area contributed by atoms with Gasteiger partial charge in [-0.05, 0) is 55.0 Å². The molecule has 0 N–H and O–H groups in total. The molecule has 0 aliphatic carbocycles. The first-order chi connectivity index (χ1) is 16.1. The Balaban J connectivity index is 1.52. The second-order valence-electron chi connectivity index (χ2n) is 7.51. The summed E-state index contributed by atoms with van der Waals surface area (Å²) in [6, 6.07) is 33.2. The molecule has 1 amide bonds. The van der Waals surface area contributed by atoms with E-state index in [1.807, 2.05) is 97.9 Å². The summed E-state index contributed by atoms with van der Waals surface area (Å²) in [6.07, 6.45) is 2.71. The van der Waals surface area contributed by atoms with Crippen LogP contribution in [0, 0.1) is 6.92 Å². The van der Waals surface area contributed by atoms with Crippen LogP contribution in [0.25, 0.3) is 6.08 Å². The zero-order chi connectivity index (χ0) is 23.0. The first-order valence-electron chi connectivity index (χ1n) is 10.6. The molecule has 0 atom stereocenters. The predicted octanol–water partition coefficient (Wildman–Crippen LogP) is 7.23. The van der Waals surface area contributed by atoms with Crippen molar-refractivity contribution in [2.75, 3.05) is 4.90 Å². The van der Waals surface area contributed by atoms with E-state index in [9.17, 15) is 9.59 Å². The molecular weight excluding hydrogens is 410 g/mol. The third-order valence-corrected chi connectivity index (χ3v) is 5.04. The number of carbonyl (C=O) groups excluding carboxylic acids is 2. The predicted molar refractivity (Wildman–Crippen MR) is 132 cm³/mol. The van der Waals surface area contributed by atoms with Crippen LogP contribution in [0.15, 0.2) is 115 Å². The van der Waals surface area contributed by atoms with Crippen molar-refractivity contribution in [1.82, 2.24) is 0 Å². The molecule has 4 aromatic rings. The number of para-hydroxylation sites is 2. The number of carbonyl (C=O) groups is 2. The molecule has 0 saturated heterocycles. The average Bonchev–Trinajstić information content (AvgIpc) is 2.85. The number of nitrogens with zero attached hydrogens (tertiary/aromatic N) is 1. The molecule has 0 saturated carbocycles. The second-order valence-corrected chi connectivity index (χ2v) is 7.51. The lowest BCUT2D eigenvalue weighted by Crippen LogP contribution is -2.29. The number of allylic oxidation sites excluding steroid dienone is 1. The van der Waals surface area contributed by atoms with E-state index in [0.717, 1.165) is 11.1 Å². The number of ketones is 1. The number of aryl methyl sites for hydroxylation is 1. The zero-order valence-corrected chi connectivity index (χ0v) is 18.2. The third-order valence-electron chi connectivity index (χ3n) is 5.04. The lowest BCUT2D eigenvalue weighted by atomic mass is 10.1. The van der Waals surface area contributed by atoms with Crippen LogP contribution in [-0.2, 0) is 0 Å². The first kappa shape index (κ1) is 21.8. The summed E-state index contributed by atoms with van der Waals surface area (Å²) in [5.74, 6) is 0.304. The fourth-order valence-electron chi connectivity index (χ4n) is 3.33. The highest BCUT2D eigenvalue weighted by atomic mass is 16.6. The van der Waals surface area contributed by atoms with Crippen LogP contribution in [0.1, 0.15) is 21.5 Å². The number of hydrogen-bond acceptors (Lipinski definition) is 3. The average molecular weight is 434 g/mol. The van der Waals surface area contributed by atoms with Crippen LogP contribution >= 0.6 is 0 Å². The highest BCUT2D eigenvalue weighted by molar-refractivity contribution is 6.06. The van der Waals surface area contributed by atoms with E-state index in [2.05, 4.69) is 0 Å². The Morgan fingerprint density at radius 2 is 1.33 bits per heavy atom. The van der Waals surface area contributed by atoms with Crippen LogP contribution in [0.2, 0.25) is 0 Å². The summed E-state index contributed by atoms with van der Waals surface area (Å²) >= 11 is 0. The van der Waals surface area contributed by atoms with Gasteiger partial charge in [0.15, 0.2) is 5.78 Å². The van der Waals surface area contributed by atoms with E-state index >= 15 is 0 Å². The monoisotopic (exact) mass is 433 g/mol. The summed E-state index contributed by atoms with van der Waals surface area (Å²) in [7, 11) is 0. The van der Waals surface area contributed by atoms with Gasteiger partial charge in [-0.25, -0.2) is 9.69 Å². The van der Waals surface area contributed by atoms with Crippen molar-refractivity contribution in [3.8, 4) is 5.75 Å². The largest absolute Gasteiger partial charge is 0.424 e. The van der Waals surface area contributed by atoms with Gasteiger partial charge in [-0.1, -0.05) is 84.4 Å². The summed E-state index contributed by atoms with van der Waals surface area (Å²) in [4.78, 5) is 27.1. The molecule has 33 heavy (non-hydrogen) atoms. The Morgan fingerprint density at radius 3 is 1.94 bits per heavy atom. The van der Waals surface area contributed by atoms with Crippen LogP contribution < -0.4 is 9.64 Å². The van der Waals surface area contributed by atoms with E-state index < -0.39 is 6.09 Å². The van der Waals surface area contributed by atoms with Gasteiger partial charge in [0.25, 0.3) is 0 Å². The van der Waals surface area contributed by atoms with Crippen molar-refractivity contribution in [2.24, 2.45) is 0 Å². The van der Waals surface area contributed by atoms with Crippen molar-refractivity contribution in [3.63, 3.8) is 0 Å². The second kappa shape index (κ2) is 10.2. The molecule has 0 heterocycles. The van der Waals surface area contributed by atoms with Crippen molar-refractivity contribution in [2.45, 2.75) is 6.92 Å². The topological polar surface area (TPSA) is 46.6 Å². The SMILES string of the molecule is Cc1ccc(C(=O)/C=C/c2cccc(OC(=O)N(c3ccccc3)c3ccccc3)c2)cc1. The molecule has 162 valence electrons. The van der Waals surface area contributed by atoms with Gasteiger partial charge in [-0.2, -0.15) is 0 Å². The Morgan fingerprint density at radius 1 is 0.727 bits per heavy atom. The lowest BCUT2D eigenvalue weighted by Gasteiger charge is -2.22. The minimum absolute atomic E-state index is 0.0864. The molecule has 0 aromatic heterocycles. The maximum Gasteiger partial charge on any atom is 0.424 e. The quantitative estimate of drug-likeness (QED) is 0.238. The van der Waals surface area contributed by atoms with Crippen molar-refractivity contribution >= 4 is 29.3 Å². The van der Waals surface area contributed by atoms with Gasteiger partial charge in [0.05, 0.1) is 11.4 Å². The number of hydrogen-bond donors (Lipinski definition) is 0. The Bertz CT molecular complexity index is 1220. The van der Waals surface area contributed by atoms with Crippen LogP contribution in [-0.4, -0.2) is 11.9 Å². The number of ether oxygens (including phenoxy) is 1. The van der Waals surface area contributed by atoms with Gasteiger partial charge in [0.2, 0.25) is 0 Å². The summed E-state index contributed by atoms with van der Waals surface area (Å²) < 4.78 is 5.70. The van der Waals surface area contributed by atoms with E-state index in [4.69, 9.17) is 4.74 Å². The minimum atomic E-state index is -0.524. The molecule has 4 heteroatoms. The van der Waals surface area contributed by atoms with Gasteiger partial charge >= 0.3 is 6.09 Å². The molecule has 0 radical (unpaired) electrons. The van der Waals surface area contributed by atoms with Gasteiger partial charge in [-0.15, -0.1) is 0 Å². The zero-order valence-electron chi connectivity index (χ0n) is 18.2. The van der Waals surface area contributed by atoms with Gasteiger partial charge in [0, 0.05) is 5.56 Å². The molecule has 0 aliphatic rings. The van der Waals surface area contributed by atoms with E-state index in [-0.39, 0.29) is 5.78 Å². The molecule has 0 spiro atoms. The number of amides is 1. The maximum absolute atomic E-state index is 13.1. The third kappa shape index (κ3) is 5.63. The molecular formula is C29H23NO3. The summed E-state index contributed by atoms with van der Waals surface area (Å²) in [5.41, 5.74) is 3.89. The summed E-state index contributed by atoms with van der Waals surface area (Å²) in [6.45, 7) is 1.98. The van der Waals surface area contributed by atoms with E-state index in [0.29, 0.717) is 22.7 Å². The smallest absolute Gasteiger partial charge is 0.410 e. The van der Waals surface area contributed by atoms with E-state index in [1.54, 1.807) is 24.3 Å². The molecule has 4 nitrogen and oxygen atoms in total.